The molecule has 0 spiro atoms. The van der Waals surface area contributed by atoms with Crippen molar-refractivity contribution in [1.29, 1.82) is 0 Å². The van der Waals surface area contributed by atoms with E-state index >= 15 is 0 Å². The SMILES string of the molecule is CC(C)(C)[S@@](=O)N[C@H]1c2ccc(C(F)(F)F)cc2C2CC21. The smallest absolute Gasteiger partial charge is 0.242 e. The fourth-order valence-corrected chi connectivity index (χ4v) is 3.86. The predicted octanol–water partition coefficient (Wildman–Crippen LogP) is 3.92. The van der Waals surface area contributed by atoms with Gasteiger partial charge in [-0.05, 0) is 62.3 Å². The van der Waals surface area contributed by atoms with Gasteiger partial charge in [0.2, 0.25) is 0 Å². The normalized spacial score (nSPS) is 29.0. The maximum absolute atomic E-state index is 12.8. The molecule has 0 radical (unpaired) electrons. The van der Waals surface area contributed by atoms with E-state index in [1.54, 1.807) is 6.07 Å². The fourth-order valence-electron chi connectivity index (χ4n) is 2.97. The minimum atomic E-state index is -4.31. The number of alkyl halides is 3. The van der Waals surface area contributed by atoms with Gasteiger partial charge in [0.25, 0.3) is 0 Å². The summed E-state index contributed by atoms with van der Waals surface area (Å²) in [5.74, 6) is 0.478. The van der Waals surface area contributed by atoms with Crippen LogP contribution >= 0.6 is 0 Å². The number of halogens is 3. The largest absolute Gasteiger partial charge is 0.416 e. The van der Waals surface area contributed by atoms with E-state index < -0.39 is 22.7 Å². The van der Waals surface area contributed by atoms with Crippen molar-refractivity contribution in [3.63, 3.8) is 0 Å². The van der Waals surface area contributed by atoms with Crippen molar-refractivity contribution in [3.05, 3.63) is 34.9 Å². The molecule has 0 amide bonds. The number of rotatable bonds is 2. The van der Waals surface area contributed by atoms with Crippen molar-refractivity contribution in [3.8, 4) is 0 Å². The van der Waals surface area contributed by atoms with Gasteiger partial charge >= 0.3 is 6.18 Å². The number of hydrogen-bond donors (Lipinski definition) is 1. The van der Waals surface area contributed by atoms with Gasteiger partial charge in [-0.3, -0.25) is 0 Å². The van der Waals surface area contributed by atoms with Gasteiger partial charge in [0.15, 0.2) is 0 Å². The Balaban J connectivity index is 1.89. The molecule has 1 aromatic rings. The molecule has 1 aromatic carbocycles. The molecule has 116 valence electrons. The Hall–Kier alpha value is -0.880. The molecule has 0 saturated heterocycles. The Labute approximate surface area is 124 Å². The van der Waals surface area contributed by atoms with E-state index in [9.17, 15) is 17.4 Å². The van der Waals surface area contributed by atoms with Gasteiger partial charge in [0.1, 0.15) is 0 Å². The van der Waals surface area contributed by atoms with Crippen LogP contribution in [0.1, 0.15) is 55.8 Å². The lowest BCUT2D eigenvalue weighted by molar-refractivity contribution is -0.137. The Morgan fingerprint density at radius 1 is 1.19 bits per heavy atom. The molecule has 1 N–H and O–H groups in total. The third-order valence-corrected chi connectivity index (χ3v) is 5.79. The first kappa shape index (κ1) is 15.0. The van der Waals surface area contributed by atoms with Crippen molar-refractivity contribution in [2.75, 3.05) is 0 Å². The molecular weight excluding hydrogens is 299 g/mol. The molecular formula is C15H18F3NOS. The number of hydrogen-bond acceptors (Lipinski definition) is 1. The minimum Gasteiger partial charge on any atom is -0.242 e. The lowest BCUT2D eigenvalue weighted by atomic mass is 10.0. The van der Waals surface area contributed by atoms with E-state index in [-0.39, 0.29) is 22.6 Å². The molecule has 2 aliphatic carbocycles. The third kappa shape index (κ3) is 2.63. The molecule has 2 aliphatic rings. The molecule has 0 aliphatic heterocycles. The van der Waals surface area contributed by atoms with E-state index in [1.165, 1.54) is 6.07 Å². The van der Waals surface area contributed by atoms with Crippen LogP contribution in [0.5, 0.6) is 0 Å². The first-order chi connectivity index (χ1) is 9.59. The highest BCUT2D eigenvalue weighted by molar-refractivity contribution is 7.84. The van der Waals surface area contributed by atoms with E-state index in [4.69, 9.17) is 0 Å². The lowest BCUT2D eigenvalue weighted by Gasteiger charge is -2.23. The third-order valence-electron chi connectivity index (χ3n) is 4.21. The van der Waals surface area contributed by atoms with E-state index in [2.05, 4.69) is 4.72 Å². The summed E-state index contributed by atoms with van der Waals surface area (Å²) in [6, 6.07) is 3.84. The van der Waals surface area contributed by atoms with E-state index in [0.29, 0.717) is 0 Å². The van der Waals surface area contributed by atoms with Gasteiger partial charge in [-0.15, -0.1) is 0 Å². The van der Waals surface area contributed by atoms with Gasteiger partial charge in [-0.25, -0.2) is 8.93 Å². The highest BCUT2D eigenvalue weighted by Gasteiger charge is 2.53. The Bertz CT molecular complexity index is 606. The van der Waals surface area contributed by atoms with Crippen LogP contribution in [0.25, 0.3) is 0 Å². The molecule has 21 heavy (non-hydrogen) atoms. The lowest BCUT2D eigenvalue weighted by Crippen LogP contribution is -2.36. The highest BCUT2D eigenvalue weighted by Crippen LogP contribution is 2.62. The van der Waals surface area contributed by atoms with Crippen LogP contribution in [0, 0.1) is 5.92 Å². The zero-order chi connectivity index (χ0) is 15.6. The number of nitrogens with one attached hydrogen (secondary N) is 1. The monoisotopic (exact) mass is 317 g/mol. The summed E-state index contributed by atoms with van der Waals surface area (Å²) in [7, 11) is -1.22. The van der Waals surface area contributed by atoms with Gasteiger partial charge in [-0.1, -0.05) is 6.07 Å². The van der Waals surface area contributed by atoms with Gasteiger partial charge in [0.05, 0.1) is 21.3 Å². The minimum absolute atomic E-state index is 0.0904. The Kier molecular flexibility index (Phi) is 3.26. The molecule has 3 rings (SSSR count). The van der Waals surface area contributed by atoms with Crippen LogP contribution in [0.15, 0.2) is 18.2 Å². The summed E-state index contributed by atoms with van der Waals surface area (Å²) in [5.41, 5.74) is 1.06. The summed E-state index contributed by atoms with van der Waals surface area (Å²) >= 11 is 0. The molecule has 0 aromatic heterocycles. The summed E-state index contributed by atoms with van der Waals surface area (Å²) in [5, 5.41) is 0. The zero-order valence-electron chi connectivity index (χ0n) is 12.1. The highest BCUT2D eigenvalue weighted by atomic mass is 32.2. The quantitative estimate of drug-likeness (QED) is 0.880. The second-order valence-corrected chi connectivity index (χ2v) is 8.82. The standard InChI is InChI=1S/C15H18F3NOS/c1-14(2,3)21(20)19-13-9-5-4-8(15(16,17)18)6-10(9)11-7-12(11)13/h4-6,11-13,19H,7H2,1-3H3/t11?,12?,13-,21+/m0/s1. The fraction of sp³-hybridized carbons (Fsp3) is 0.600. The molecule has 2 unspecified atom stereocenters. The summed E-state index contributed by atoms with van der Waals surface area (Å²) in [4.78, 5) is 0. The maximum atomic E-state index is 12.8. The van der Waals surface area contributed by atoms with Gasteiger partial charge < -0.3 is 0 Å². The second-order valence-electron chi connectivity index (χ2n) is 6.82. The van der Waals surface area contributed by atoms with Crippen LogP contribution < -0.4 is 4.72 Å². The number of fused-ring (bicyclic) bond motifs is 3. The average molecular weight is 317 g/mol. The van der Waals surface area contributed by atoms with Crippen LogP contribution in [0.2, 0.25) is 0 Å². The topological polar surface area (TPSA) is 29.1 Å². The average Bonchev–Trinajstić information content (AvgIpc) is 3.07. The zero-order valence-corrected chi connectivity index (χ0v) is 12.9. The molecule has 2 nitrogen and oxygen atoms in total. The van der Waals surface area contributed by atoms with E-state index in [0.717, 1.165) is 23.6 Å². The maximum Gasteiger partial charge on any atom is 0.416 e. The van der Waals surface area contributed by atoms with Crippen molar-refractivity contribution in [1.82, 2.24) is 4.72 Å². The van der Waals surface area contributed by atoms with Crippen molar-refractivity contribution in [2.24, 2.45) is 5.92 Å². The van der Waals surface area contributed by atoms with Crippen LogP contribution in [0.3, 0.4) is 0 Å². The van der Waals surface area contributed by atoms with Crippen molar-refractivity contribution in [2.45, 2.75) is 50.1 Å². The Morgan fingerprint density at radius 2 is 1.86 bits per heavy atom. The van der Waals surface area contributed by atoms with Gasteiger partial charge in [0, 0.05) is 6.04 Å². The van der Waals surface area contributed by atoms with Gasteiger partial charge in [-0.2, -0.15) is 13.2 Å². The predicted molar refractivity (Wildman–Crippen MR) is 76.1 cm³/mol. The van der Waals surface area contributed by atoms with Crippen LogP contribution in [0.4, 0.5) is 13.2 Å². The molecule has 1 fully saturated rings. The molecule has 4 atom stereocenters. The van der Waals surface area contributed by atoms with E-state index in [1.807, 2.05) is 20.8 Å². The summed E-state index contributed by atoms with van der Waals surface area (Å²) < 4.78 is 53.4. The molecule has 1 saturated carbocycles. The van der Waals surface area contributed by atoms with Crippen molar-refractivity contribution >= 4 is 11.0 Å². The first-order valence-electron chi connectivity index (χ1n) is 6.98. The van der Waals surface area contributed by atoms with Crippen LogP contribution in [-0.4, -0.2) is 8.96 Å². The molecule has 0 bridgehead atoms. The second kappa shape index (κ2) is 4.56. The van der Waals surface area contributed by atoms with Crippen molar-refractivity contribution < 1.29 is 17.4 Å². The summed E-state index contributed by atoms with van der Waals surface area (Å²) in [6.45, 7) is 5.63. The molecule has 6 heteroatoms. The first-order valence-corrected chi connectivity index (χ1v) is 8.13. The Morgan fingerprint density at radius 3 is 2.43 bits per heavy atom. The summed E-state index contributed by atoms with van der Waals surface area (Å²) in [6.07, 6.45) is -3.42. The van der Waals surface area contributed by atoms with Crippen LogP contribution in [-0.2, 0) is 17.2 Å². The molecule has 0 heterocycles. The number of benzene rings is 1.